The second kappa shape index (κ2) is 8.44. The zero-order chi connectivity index (χ0) is 22.8. The van der Waals surface area contributed by atoms with E-state index in [4.69, 9.17) is 4.74 Å². The molecule has 1 fully saturated rings. The highest BCUT2D eigenvalue weighted by Gasteiger charge is 2.34. The fourth-order valence-electron chi connectivity index (χ4n) is 2.86. The zero-order valence-corrected chi connectivity index (χ0v) is 17.3. The number of carbonyl (C=O) groups excluding carboxylic acids is 2. The van der Waals surface area contributed by atoms with Crippen molar-refractivity contribution in [2.75, 3.05) is 23.7 Å². The van der Waals surface area contributed by atoms with E-state index in [0.29, 0.717) is 24.8 Å². The predicted octanol–water partition coefficient (Wildman–Crippen LogP) is 4.38. The molecule has 0 radical (unpaired) electrons. The van der Waals surface area contributed by atoms with Crippen LogP contribution in [0.1, 0.15) is 36.8 Å². The van der Waals surface area contributed by atoms with E-state index < -0.39 is 23.4 Å². The van der Waals surface area contributed by atoms with Gasteiger partial charge in [0.15, 0.2) is 0 Å². The summed E-state index contributed by atoms with van der Waals surface area (Å²) in [5.74, 6) is -0.666. The zero-order valence-electron chi connectivity index (χ0n) is 17.3. The van der Waals surface area contributed by atoms with Gasteiger partial charge in [0.25, 0.3) is 5.91 Å². The molecule has 2 aromatic rings. The number of anilines is 2. The van der Waals surface area contributed by atoms with Crippen molar-refractivity contribution < 1.29 is 27.5 Å². The van der Waals surface area contributed by atoms with Crippen molar-refractivity contribution in [2.24, 2.45) is 0 Å². The molecule has 0 spiro atoms. The van der Waals surface area contributed by atoms with Gasteiger partial charge >= 0.3 is 12.3 Å². The number of halogens is 3. The number of amides is 2. The molecule has 0 bridgehead atoms. The van der Waals surface area contributed by atoms with Crippen LogP contribution in [0, 0.1) is 0 Å². The van der Waals surface area contributed by atoms with Crippen LogP contribution in [0.5, 0.6) is 0 Å². The lowest BCUT2D eigenvalue weighted by atomic mass is 10.1. The van der Waals surface area contributed by atoms with E-state index in [0.717, 1.165) is 11.9 Å². The van der Waals surface area contributed by atoms with Gasteiger partial charge in [-0.05, 0) is 57.2 Å². The van der Waals surface area contributed by atoms with Crippen molar-refractivity contribution in [3.8, 4) is 0 Å². The normalized spacial score (nSPS) is 14.6. The molecule has 2 N–H and O–H groups in total. The van der Waals surface area contributed by atoms with Crippen LogP contribution in [-0.2, 0) is 10.9 Å². The van der Waals surface area contributed by atoms with E-state index in [1.807, 2.05) is 20.8 Å². The average Bonchev–Trinajstić information content (AvgIpc) is 2.63. The molecule has 0 saturated carbocycles. The van der Waals surface area contributed by atoms with Crippen LogP contribution in [0.2, 0.25) is 0 Å². The smallest absolute Gasteiger partial charge is 0.433 e. The first kappa shape index (κ1) is 22.4. The minimum atomic E-state index is -4.62. The number of hydrogen-bond acceptors (Lipinski definition) is 5. The summed E-state index contributed by atoms with van der Waals surface area (Å²) in [6, 6.07) is 8.74. The molecule has 2 amide bonds. The summed E-state index contributed by atoms with van der Waals surface area (Å²) >= 11 is 0. The van der Waals surface area contributed by atoms with E-state index >= 15 is 0 Å². The first-order chi connectivity index (χ1) is 14.4. The summed E-state index contributed by atoms with van der Waals surface area (Å²) in [7, 11) is 0. The molecule has 1 aromatic carbocycles. The van der Waals surface area contributed by atoms with Gasteiger partial charge in [-0.3, -0.25) is 9.78 Å². The fourth-order valence-corrected chi connectivity index (χ4v) is 2.86. The molecule has 1 aromatic heterocycles. The quantitative estimate of drug-likeness (QED) is 0.743. The molecule has 31 heavy (non-hydrogen) atoms. The van der Waals surface area contributed by atoms with Crippen molar-refractivity contribution in [1.82, 2.24) is 9.88 Å². The molecule has 166 valence electrons. The van der Waals surface area contributed by atoms with Crippen molar-refractivity contribution >= 4 is 23.4 Å². The summed E-state index contributed by atoms with van der Waals surface area (Å²) in [5.41, 5.74) is -0.581. The maximum absolute atomic E-state index is 12.8. The Kier molecular flexibility index (Phi) is 6.10. The molecular formula is C21H23F3N4O3. The van der Waals surface area contributed by atoms with Crippen molar-refractivity contribution in [1.29, 1.82) is 0 Å². The number of rotatable bonds is 4. The monoisotopic (exact) mass is 436 g/mol. The Morgan fingerprint density at radius 3 is 2.26 bits per heavy atom. The second-order valence-electron chi connectivity index (χ2n) is 8.19. The molecule has 0 aliphatic carbocycles. The van der Waals surface area contributed by atoms with Crippen LogP contribution in [0.25, 0.3) is 0 Å². The Bertz CT molecular complexity index is 950. The van der Waals surface area contributed by atoms with E-state index in [1.165, 1.54) is 6.07 Å². The number of hydrogen-bond donors (Lipinski definition) is 2. The number of likely N-dealkylation sites (tertiary alicyclic amines) is 1. The van der Waals surface area contributed by atoms with Crippen molar-refractivity contribution in [3.63, 3.8) is 0 Å². The van der Waals surface area contributed by atoms with Gasteiger partial charge in [0, 0.05) is 36.2 Å². The van der Waals surface area contributed by atoms with Crippen LogP contribution >= 0.6 is 0 Å². The van der Waals surface area contributed by atoms with Gasteiger partial charge in [0.2, 0.25) is 0 Å². The molecule has 2 heterocycles. The van der Waals surface area contributed by atoms with Gasteiger partial charge in [0.1, 0.15) is 11.3 Å². The van der Waals surface area contributed by atoms with E-state index in [-0.39, 0.29) is 17.7 Å². The van der Waals surface area contributed by atoms with Gasteiger partial charge in [-0.25, -0.2) is 4.79 Å². The number of pyridine rings is 1. The Morgan fingerprint density at radius 2 is 1.68 bits per heavy atom. The summed E-state index contributed by atoms with van der Waals surface area (Å²) in [6.07, 6.45) is -4.03. The Morgan fingerprint density at radius 1 is 1.06 bits per heavy atom. The number of benzene rings is 1. The Hall–Kier alpha value is -3.30. The van der Waals surface area contributed by atoms with Crippen LogP contribution in [-0.4, -0.2) is 46.6 Å². The lowest BCUT2D eigenvalue weighted by Gasteiger charge is -2.40. The van der Waals surface area contributed by atoms with E-state index in [1.54, 1.807) is 29.2 Å². The van der Waals surface area contributed by atoms with E-state index in [2.05, 4.69) is 15.6 Å². The van der Waals surface area contributed by atoms with Gasteiger partial charge < -0.3 is 20.3 Å². The number of aromatic nitrogens is 1. The Labute approximate surface area is 177 Å². The topological polar surface area (TPSA) is 83.6 Å². The van der Waals surface area contributed by atoms with Crippen molar-refractivity contribution in [2.45, 2.75) is 38.6 Å². The highest BCUT2D eigenvalue weighted by molar-refractivity contribution is 6.04. The van der Waals surface area contributed by atoms with Gasteiger partial charge in [-0.2, -0.15) is 13.2 Å². The summed E-state index contributed by atoms with van der Waals surface area (Å²) in [6.45, 7) is 6.45. The highest BCUT2D eigenvalue weighted by atomic mass is 19.4. The van der Waals surface area contributed by atoms with Crippen LogP contribution in [0.4, 0.5) is 29.3 Å². The second-order valence-corrected chi connectivity index (χ2v) is 8.19. The van der Waals surface area contributed by atoms with Gasteiger partial charge in [-0.15, -0.1) is 0 Å². The fraction of sp³-hybridized carbons (Fsp3) is 0.381. The maximum Gasteiger partial charge on any atom is 0.433 e. The maximum atomic E-state index is 12.8. The molecule has 0 atom stereocenters. The number of nitrogens with one attached hydrogen (secondary N) is 2. The first-order valence-corrected chi connectivity index (χ1v) is 9.60. The minimum Gasteiger partial charge on any atom is -0.444 e. The Balaban J connectivity index is 1.51. The van der Waals surface area contributed by atoms with Crippen LogP contribution in [0.15, 0.2) is 42.6 Å². The lowest BCUT2D eigenvalue weighted by Crippen LogP contribution is -2.57. The molecule has 3 rings (SSSR count). The number of ether oxygens (including phenoxy) is 1. The molecule has 1 saturated heterocycles. The van der Waals surface area contributed by atoms with Gasteiger partial charge in [0.05, 0.1) is 6.04 Å². The van der Waals surface area contributed by atoms with Crippen LogP contribution < -0.4 is 10.6 Å². The molecule has 1 aliphatic rings. The number of carbonyl (C=O) groups is 2. The average molecular weight is 436 g/mol. The lowest BCUT2D eigenvalue weighted by molar-refractivity contribution is -0.141. The molecule has 0 unspecified atom stereocenters. The van der Waals surface area contributed by atoms with Crippen molar-refractivity contribution in [3.05, 3.63) is 53.9 Å². The molecule has 1 aliphatic heterocycles. The third-order valence-corrected chi connectivity index (χ3v) is 4.36. The van der Waals surface area contributed by atoms with Crippen LogP contribution in [0.3, 0.4) is 0 Å². The minimum absolute atomic E-state index is 0.0746. The molecular weight excluding hydrogens is 413 g/mol. The standard InChI is InChI=1S/C21H23F3N4O3/c1-20(2,3)31-19(30)28-11-16(12-28)26-14-4-6-15(7-5-14)27-18(29)13-8-9-25-17(10-13)21(22,23)24/h4-10,16,26H,11-12H2,1-3H3,(H,27,29). The SMILES string of the molecule is CC(C)(C)OC(=O)N1CC(Nc2ccc(NC(=O)c3ccnc(C(F)(F)F)c3)cc2)C1. The highest BCUT2D eigenvalue weighted by Crippen LogP contribution is 2.28. The summed E-state index contributed by atoms with van der Waals surface area (Å²) < 4.78 is 43.6. The first-order valence-electron chi connectivity index (χ1n) is 9.60. The number of nitrogens with zero attached hydrogens (tertiary/aromatic N) is 2. The third kappa shape index (κ3) is 6.09. The van der Waals surface area contributed by atoms with Gasteiger partial charge in [-0.1, -0.05) is 0 Å². The number of alkyl halides is 3. The third-order valence-electron chi connectivity index (χ3n) is 4.36. The molecule has 7 nitrogen and oxygen atoms in total. The largest absolute Gasteiger partial charge is 0.444 e. The summed E-state index contributed by atoms with van der Waals surface area (Å²) in [4.78, 5) is 29.0. The summed E-state index contributed by atoms with van der Waals surface area (Å²) in [5, 5.41) is 5.82. The van der Waals surface area contributed by atoms with E-state index in [9.17, 15) is 22.8 Å². The molecule has 10 heteroatoms. The predicted molar refractivity (Wildman–Crippen MR) is 109 cm³/mol.